The second-order valence-corrected chi connectivity index (χ2v) is 2.68. The number of aliphatic hydroxyl groups is 1. The molecule has 0 spiro atoms. The fraction of sp³-hybridized carbons (Fsp3) is 0.500. The highest BCUT2D eigenvalue weighted by atomic mass is 35.5. The number of hydrogen-bond acceptors (Lipinski definition) is 3. The molecule has 4 nitrogen and oxygen atoms in total. The number of nitrogens with two attached hydrogens (primary N) is 1. The van der Waals surface area contributed by atoms with Crippen molar-refractivity contribution in [1.29, 1.82) is 0 Å². The molecule has 0 saturated heterocycles. The van der Waals surface area contributed by atoms with Gasteiger partial charge in [0.25, 0.3) is 0 Å². The summed E-state index contributed by atoms with van der Waals surface area (Å²) in [4.78, 5) is 3.82. The lowest BCUT2D eigenvalue weighted by atomic mass is 10.2. The van der Waals surface area contributed by atoms with E-state index in [2.05, 4.69) is 4.98 Å². The van der Waals surface area contributed by atoms with Crippen molar-refractivity contribution in [1.82, 2.24) is 9.55 Å². The SMILES string of the molecule is Cn1cnc(Cl)c1C(N)CO. The van der Waals surface area contributed by atoms with Crippen LogP contribution in [0.25, 0.3) is 0 Å². The standard InChI is InChI=1S/C6H10ClN3O/c1-10-3-9-6(7)5(10)4(8)2-11/h3-4,11H,2,8H2,1H3. The van der Waals surface area contributed by atoms with Crippen LogP contribution in [0.4, 0.5) is 0 Å². The van der Waals surface area contributed by atoms with Gasteiger partial charge in [0.05, 0.1) is 24.7 Å². The van der Waals surface area contributed by atoms with E-state index in [0.717, 1.165) is 0 Å². The molecular weight excluding hydrogens is 166 g/mol. The summed E-state index contributed by atoms with van der Waals surface area (Å²) in [5.74, 6) is 0. The predicted molar refractivity (Wildman–Crippen MR) is 42.2 cm³/mol. The summed E-state index contributed by atoms with van der Waals surface area (Å²) >= 11 is 5.70. The molecule has 0 aromatic carbocycles. The fourth-order valence-electron chi connectivity index (χ4n) is 0.912. The maximum absolute atomic E-state index is 8.73. The number of halogens is 1. The van der Waals surface area contributed by atoms with Crippen LogP contribution in [0, 0.1) is 0 Å². The van der Waals surface area contributed by atoms with Crippen molar-refractivity contribution in [2.45, 2.75) is 6.04 Å². The maximum atomic E-state index is 8.73. The van der Waals surface area contributed by atoms with Gasteiger partial charge in [-0.05, 0) is 0 Å². The third kappa shape index (κ3) is 1.53. The fourth-order valence-corrected chi connectivity index (χ4v) is 1.23. The number of hydrogen-bond donors (Lipinski definition) is 2. The Morgan fingerprint density at radius 3 is 2.91 bits per heavy atom. The van der Waals surface area contributed by atoms with Crippen LogP contribution >= 0.6 is 11.6 Å². The highest BCUT2D eigenvalue weighted by Crippen LogP contribution is 2.18. The Balaban J connectivity index is 3.00. The van der Waals surface area contributed by atoms with E-state index < -0.39 is 6.04 Å². The molecule has 1 heterocycles. The van der Waals surface area contributed by atoms with Crippen LogP contribution in [0.3, 0.4) is 0 Å². The Hall–Kier alpha value is -0.580. The number of aliphatic hydroxyl groups excluding tert-OH is 1. The van der Waals surface area contributed by atoms with Gasteiger partial charge in [-0.3, -0.25) is 0 Å². The van der Waals surface area contributed by atoms with Crippen LogP contribution in [0.5, 0.6) is 0 Å². The van der Waals surface area contributed by atoms with E-state index in [1.165, 1.54) is 0 Å². The molecule has 1 aromatic rings. The van der Waals surface area contributed by atoms with E-state index >= 15 is 0 Å². The second kappa shape index (κ2) is 3.21. The highest BCUT2D eigenvalue weighted by Gasteiger charge is 2.13. The highest BCUT2D eigenvalue weighted by molar-refractivity contribution is 6.30. The van der Waals surface area contributed by atoms with Crippen molar-refractivity contribution in [2.24, 2.45) is 12.8 Å². The van der Waals surface area contributed by atoms with Crippen molar-refractivity contribution in [3.05, 3.63) is 17.2 Å². The molecule has 1 aromatic heterocycles. The van der Waals surface area contributed by atoms with E-state index in [1.54, 1.807) is 17.9 Å². The lowest BCUT2D eigenvalue weighted by Gasteiger charge is -2.08. The van der Waals surface area contributed by atoms with Gasteiger partial charge in [-0.25, -0.2) is 4.98 Å². The van der Waals surface area contributed by atoms with Gasteiger partial charge < -0.3 is 15.4 Å². The first-order valence-electron chi connectivity index (χ1n) is 3.20. The molecule has 1 rings (SSSR count). The summed E-state index contributed by atoms with van der Waals surface area (Å²) in [5, 5.41) is 9.09. The molecule has 0 bridgehead atoms. The second-order valence-electron chi connectivity index (χ2n) is 2.32. The van der Waals surface area contributed by atoms with Crippen molar-refractivity contribution >= 4 is 11.6 Å². The van der Waals surface area contributed by atoms with Crippen LogP contribution in [0.1, 0.15) is 11.7 Å². The third-order valence-electron chi connectivity index (χ3n) is 1.48. The smallest absolute Gasteiger partial charge is 0.151 e. The normalized spacial score (nSPS) is 13.5. The summed E-state index contributed by atoms with van der Waals surface area (Å²) < 4.78 is 1.70. The first kappa shape index (κ1) is 8.52. The molecule has 0 fully saturated rings. The van der Waals surface area contributed by atoms with Crippen molar-refractivity contribution in [3.8, 4) is 0 Å². The summed E-state index contributed by atoms with van der Waals surface area (Å²) in [6, 6.07) is -0.449. The van der Waals surface area contributed by atoms with Gasteiger partial charge >= 0.3 is 0 Å². The summed E-state index contributed by atoms with van der Waals surface area (Å²) in [7, 11) is 1.78. The van der Waals surface area contributed by atoms with Crippen molar-refractivity contribution < 1.29 is 5.11 Å². The zero-order valence-corrected chi connectivity index (χ0v) is 6.91. The van der Waals surface area contributed by atoms with Crippen LogP contribution < -0.4 is 5.73 Å². The largest absolute Gasteiger partial charge is 0.394 e. The number of rotatable bonds is 2. The minimum Gasteiger partial charge on any atom is -0.394 e. The molecule has 11 heavy (non-hydrogen) atoms. The average molecular weight is 176 g/mol. The zero-order valence-electron chi connectivity index (χ0n) is 6.16. The molecule has 0 saturated carbocycles. The minimum atomic E-state index is -0.449. The van der Waals surface area contributed by atoms with Gasteiger partial charge in [0, 0.05) is 7.05 Å². The monoisotopic (exact) mass is 175 g/mol. The van der Waals surface area contributed by atoms with Gasteiger partial charge in [-0.15, -0.1) is 0 Å². The number of imidazole rings is 1. The zero-order chi connectivity index (χ0) is 8.43. The molecular formula is C6H10ClN3O. The molecule has 0 aliphatic carbocycles. The van der Waals surface area contributed by atoms with E-state index in [-0.39, 0.29) is 6.61 Å². The van der Waals surface area contributed by atoms with Crippen LogP contribution in [0.2, 0.25) is 5.15 Å². The lowest BCUT2D eigenvalue weighted by molar-refractivity contribution is 0.264. The Labute approximate surface area is 69.6 Å². The quantitative estimate of drug-likeness (QED) is 0.669. The van der Waals surface area contributed by atoms with Crippen LogP contribution in [-0.2, 0) is 7.05 Å². The maximum Gasteiger partial charge on any atom is 0.151 e. The summed E-state index contributed by atoms with van der Waals surface area (Å²) in [6.45, 7) is -0.126. The molecule has 62 valence electrons. The average Bonchev–Trinajstić information content (AvgIpc) is 2.30. The number of aromatic nitrogens is 2. The van der Waals surface area contributed by atoms with E-state index in [4.69, 9.17) is 22.4 Å². The topological polar surface area (TPSA) is 64.1 Å². The molecule has 0 aliphatic rings. The lowest BCUT2D eigenvalue weighted by Crippen LogP contribution is -2.17. The Morgan fingerprint density at radius 2 is 2.55 bits per heavy atom. The van der Waals surface area contributed by atoms with Gasteiger partial charge in [-0.1, -0.05) is 11.6 Å². The summed E-state index contributed by atoms with van der Waals surface area (Å²) in [5.41, 5.74) is 6.21. The minimum absolute atomic E-state index is 0.126. The summed E-state index contributed by atoms with van der Waals surface area (Å²) in [6.07, 6.45) is 1.56. The Bertz CT molecular complexity index is 228. The van der Waals surface area contributed by atoms with E-state index in [1.807, 2.05) is 0 Å². The molecule has 1 unspecified atom stereocenters. The first-order valence-corrected chi connectivity index (χ1v) is 3.57. The van der Waals surface area contributed by atoms with Gasteiger partial charge in [-0.2, -0.15) is 0 Å². The van der Waals surface area contributed by atoms with Crippen molar-refractivity contribution in [3.63, 3.8) is 0 Å². The molecule has 0 radical (unpaired) electrons. The Kier molecular flexibility index (Phi) is 2.49. The van der Waals surface area contributed by atoms with Crippen LogP contribution in [0.15, 0.2) is 6.33 Å². The first-order chi connectivity index (χ1) is 5.16. The van der Waals surface area contributed by atoms with Gasteiger partial charge in [0.1, 0.15) is 0 Å². The third-order valence-corrected chi connectivity index (χ3v) is 1.77. The predicted octanol–water partition coefficient (Wildman–Crippen LogP) is 0.0656. The molecule has 0 aliphatic heterocycles. The van der Waals surface area contributed by atoms with Crippen LogP contribution in [-0.4, -0.2) is 21.3 Å². The molecule has 1 atom stereocenters. The van der Waals surface area contributed by atoms with E-state index in [0.29, 0.717) is 10.8 Å². The van der Waals surface area contributed by atoms with Crippen molar-refractivity contribution in [2.75, 3.05) is 6.61 Å². The van der Waals surface area contributed by atoms with E-state index in [9.17, 15) is 0 Å². The molecule has 5 heteroatoms. The number of nitrogens with zero attached hydrogens (tertiary/aromatic N) is 2. The Morgan fingerprint density at radius 1 is 1.91 bits per heavy atom. The number of aryl methyl sites for hydroxylation is 1. The molecule has 0 amide bonds. The van der Waals surface area contributed by atoms with Gasteiger partial charge in [0.2, 0.25) is 0 Å². The molecule has 3 N–H and O–H groups in total. The van der Waals surface area contributed by atoms with Gasteiger partial charge in [0.15, 0.2) is 5.15 Å².